The Labute approximate surface area is 190 Å². The molecule has 0 spiro atoms. The molecule has 0 saturated heterocycles. The van der Waals surface area contributed by atoms with E-state index >= 15 is 0 Å². The van der Waals surface area contributed by atoms with Gasteiger partial charge in [0.05, 0.1) is 12.2 Å². The molecule has 2 unspecified atom stereocenters. The molecule has 3 heterocycles. The lowest BCUT2D eigenvalue weighted by molar-refractivity contribution is -0.173. The molecule has 5 rings (SSSR count). The first kappa shape index (κ1) is 21.6. The molecule has 0 fully saturated rings. The second kappa shape index (κ2) is 8.24. The molecule has 2 atom stereocenters. The normalized spacial score (nSPS) is 20.1. The number of benzene rings is 2. The maximum atomic E-state index is 14.0. The second-order valence-electron chi connectivity index (χ2n) is 8.63. The van der Waals surface area contributed by atoms with Crippen LogP contribution in [0.1, 0.15) is 58.9 Å². The summed E-state index contributed by atoms with van der Waals surface area (Å²) in [7, 11) is 0. The number of carbonyl (C=O) groups excluding carboxylic acids is 1. The quantitative estimate of drug-likeness (QED) is 0.553. The number of aryl methyl sites for hydroxylation is 2. The van der Waals surface area contributed by atoms with Crippen LogP contribution in [-0.4, -0.2) is 28.4 Å². The van der Waals surface area contributed by atoms with E-state index in [2.05, 4.69) is 10.4 Å². The molecule has 8 heteroatoms. The van der Waals surface area contributed by atoms with Crippen molar-refractivity contribution in [2.24, 2.45) is 0 Å². The predicted octanol–water partition coefficient (Wildman–Crippen LogP) is 5.70. The Morgan fingerprint density at radius 1 is 1.15 bits per heavy atom. The number of anilines is 2. The average molecular weight is 454 g/mol. The summed E-state index contributed by atoms with van der Waals surface area (Å²) < 4.78 is 42.9. The van der Waals surface area contributed by atoms with Crippen LogP contribution in [0, 0.1) is 0 Å². The number of aromatic nitrogens is 2. The van der Waals surface area contributed by atoms with Gasteiger partial charge in [0, 0.05) is 18.7 Å². The Bertz CT molecular complexity index is 1170. The zero-order chi connectivity index (χ0) is 23.2. The summed E-state index contributed by atoms with van der Waals surface area (Å²) in [4.78, 5) is 15.2. The number of alkyl halides is 3. The fourth-order valence-corrected chi connectivity index (χ4v) is 4.81. The zero-order valence-electron chi connectivity index (χ0n) is 18.3. The van der Waals surface area contributed by atoms with E-state index in [1.54, 1.807) is 4.90 Å². The predicted molar refractivity (Wildman–Crippen MR) is 121 cm³/mol. The van der Waals surface area contributed by atoms with Crippen molar-refractivity contribution in [1.29, 1.82) is 0 Å². The van der Waals surface area contributed by atoms with Crippen molar-refractivity contribution in [3.63, 3.8) is 0 Å². The molecular formula is C25H25F3N4O. The van der Waals surface area contributed by atoms with Crippen LogP contribution in [0.2, 0.25) is 0 Å². The van der Waals surface area contributed by atoms with Crippen LogP contribution < -0.4 is 10.2 Å². The minimum atomic E-state index is -4.48. The molecule has 0 radical (unpaired) electrons. The molecule has 172 valence electrons. The van der Waals surface area contributed by atoms with E-state index in [1.807, 2.05) is 55.5 Å². The van der Waals surface area contributed by atoms with Gasteiger partial charge in [-0.2, -0.15) is 18.3 Å². The van der Waals surface area contributed by atoms with Gasteiger partial charge in [0.1, 0.15) is 11.4 Å². The Morgan fingerprint density at radius 2 is 1.91 bits per heavy atom. The molecule has 33 heavy (non-hydrogen) atoms. The fourth-order valence-electron chi connectivity index (χ4n) is 4.81. The minimum Gasteiger partial charge on any atom is -0.363 e. The first-order valence-corrected chi connectivity index (χ1v) is 11.3. The molecule has 2 aliphatic heterocycles. The highest BCUT2D eigenvalue weighted by Crippen LogP contribution is 2.44. The molecule has 0 saturated carbocycles. The summed E-state index contributed by atoms with van der Waals surface area (Å²) in [6.07, 6.45) is -0.880. The summed E-state index contributed by atoms with van der Waals surface area (Å²) in [5.41, 5.74) is 3.91. The van der Waals surface area contributed by atoms with Gasteiger partial charge >= 0.3 is 6.18 Å². The first-order chi connectivity index (χ1) is 15.9. The SMILES string of the molecule is CCc1ccc(C2CC(C(F)(F)F)n3ncc(C(=O)N4CCCc5ccccc54)c3N2)cc1. The Kier molecular flexibility index (Phi) is 5.38. The zero-order valence-corrected chi connectivity index (χ0v) is 18.3. The van der Waals surface area contributed by atoms with Gasteiger partial charge in [0.15, 0.2) is 6.04 Å². The molecule has 1 amide bonds. The Balaban J connectivity index is 1.53. The molecule has 1 aromatic heterocycles. The lowest BCUT2D eigenvalue weighted by Gasteiger charge is -2.35. The Hall–Kier alpha value is -3.29. The van der Waals surface area contributed by atoms with Gasteiger partial charge in [0.2, 0.25) is 0 Å². The Morgan fingerprint density at radius 3 is 2.64 bits per heavy atom. The van der Waals surface area contributed by atoms with Crippen molar-refractivity contribution in [3.8, 4) is 0 Å². The van der Waals surface area contributed by atoms with E-state index in [-0.39, 0.29) is 23.7 Å². The van der Waals surface area contributed by atoms with Crippen LogP contribution >= 0.6 is 0 Å². The average Bonchev–Trinajstić information content (AvgIpc) is 3.26. The number of amides is 1. The molecule has 3 aromatic rings. The van der Waals surface area contributed by atoms with Crippen molar-refractivity contribution in [1.82, 2.24) is 9.78 Å². The van der Waals surface area contributed by atoms with Crippen molar-refractivity contribution < 1.29 is 18.0 Å². The van der Waals surface area contributed by atoms with Crippen LogP contribution in [-0.2, 0) is 12.8 Å². The van der Waals surface area contributed by atoms with Crippen molar-refractivity contribution in [2.45, 2.75) is 50.9 Å². The molecular weight excluding hydrogens is 429 g/mol. The van der Waals surface area contributed by atoms with E-state index in [0.717, 1.165) is 46.3 Å². The number of nitrogens with one attached hydrogen (secondary N) is 1. The number of fused-ring (bicyclic) bond motifs is 2. The number of rotatable bonds is 3. The topological polar surface area (TPSA) is 50.2 Å². The summed E-state index contributed by atoms with van der Waals surface area (Å²) in [5, 5.41) is 7.22. The van der Waals surface area contributed by atoms with Crippen molar-refractivity contribution in [3.05, 3.63) is 77.0 Å². The van der Waals surface area contributed by atoms with E-state index in [4.69, 9.17) is 0 Å². The minimum absolute atomic E-state index is 0.126. The molecule has 5 nitrogen and oxygen atoms in total. The largest absolute Gasteiger partial charge is 0.410 e. The highest BCUT2D eigenvalue weighted by atomic mass is 19.4. The third-order valence-corrected chi connectivity index (χ3v) is 6.61. The summed E-state index contributed by atoms with van der Waals surface area (Å²) in [6, 6.07) is 12.9. The fraction of sp³-hybridized carbons (Fsp3) is 0.360. The van der Waals surface area contributed by atoms with E-state index in [0.29, 0.717) is 6.54 Å². The number of carbonyl (C=O) groups is 1. The number of nitrogens with zero attached hydrogens (tertiary/aromatic N) is 3. The van der Waals surface area contributed by atoms with Gasteiger partial charge in [-0.25, -0.2) is 4.68 Å². The molecule has 1 N–H and O–H groups in total. The third-order valence-electron chi connectivity index (χ3n) is 6.61. The van der Waals surface area contributed by atoms with Crippen LogP contribution in [0.25, 0.3) is 0 Å². The van der Waals surface area contributed by atoms with Crippen LogP contribution in [0.3, 0.4) is 0 Å². The van der Waals surface area contributed by atoms with Crippen LogP contribution in [0.15, 0.2) is 54.7 Å². The highest BCUT2D eigenvalue weighted by molar-refractivity contribution is 6.09. The third kappa shape index (κ3) is 3.87. The lowest BCUT2D eigenvalue weighted by atomic mass is 9.95. The van der Waals surface area contributed by atoms with E-state index < -0.39 is 18.3 Å². The lowest BCUT2D eigenvalue weighted by Crippen LogP contribution is -2.38. The van der Waals surface area contributed by atoms with Gasteiger partial charge in [-0.3, -0.25) is 4.79 Å². The number of hydrogen-bond donors (Lipinski definition) is 1. The number of halogens is 3. The van der Waals surface area contributed by atoms with Gasteiger partial charge in [-0.05, 0) is 42.0 Å². The molecule has 2 aliphatic rings. The first-order valence-electron chi connectivity index (χ1n) is 11.3. The van der Waals surface area contributed by atoms with Crippen LogP contribution in [0.4, 0.5) is 24.7 Å². The smallest absolute Gasteiger partial charge is 0.363 e. The molecule has 0 bridgehead atoms. The second-order valence-corrected chi connectivity index (χ2v) is 8.63. The number of hydrogen-bond acceptors (Lipinski definition) is 3. The maximum Gasteiger partial charge on any atom is 0.410 e. The summed E-state index contributed by atoms with van der Waals surface area (Å²) in [6.45, 7) is 2.55. The van der Waals surface area contributed by atoms with E-state index in [9.17, 15) is 18.0 Å². The van der Waals surface area contributed by atoms with Gasteiger partial charge in [0.25, 0.3) is 5.91 Å². The standard InChI is InChI=1S/C25H25F3N4O/c1-2-16-9-11-17(12-10-16)20-14-22(25(26,27)28)32-23(30-20)19(15-29-32)24(33)31-13-5-7-18-6-3-4-8-21(18)31/h3-4,6,8-12,15,20,22,30H,2,5,7,13-14H2,1H3. The molecule has 2 aromatic carbocycles. The highest BCUT2D eigenvalue weighted by Gasteiger charge is 2.47. The van der Waals surface area contributed by atoms with Gasteiger partial charge in [-0.15, -0.1) is 0 Å². The van der Waals surface area contributed by atoms with Crippen molar-refractivity contribution >= 4 is 17.4 Å². The number of para-hydroxylation sites is 1. The van der Waals surface area contributed by atoms with Crippen LogP contribution in [0.5, 0.6) is 0 Å². The van der Waals surface area contributed by atoms with Gasteiger partial charge in [-0.1, -0.05) is 49.4 Å². The van der Waals surface area contributed by atoms with Crippen molar-refractivity contribution in [2.75, 3.05) is 16.8 Å². The van der Waals surface area contributed by atoms with Gasteiger partial charge < -0.3 is 10.2 Å². The maximum absolute atomic E-state index is 14.0. The van der Waals surface area contributed by atoms with E-state index in [1.165, 1.54) is 6.20 Å². The molecule has 0 aliphatic carbocycles. The monoisotopic (exact) mass is 454 g/mol. The summed E-state index contributed by atoms with van der Waals surface area (Å²) >= 11 is 0. The summed E-state index contributed by atoms with van der Waals surface area (Å²) in [5.74, 6) is -0.208.